The van der Waals surface area contributed by atoms with Gasteiger partial charge in [0.1, 0.15) is 5.56 Å². The van der Waals surface area contributed by atoms with E-state index in [0.29, 0.717) is 16.3 Å². The average Bonchev–Trinajstić information content (AvgIpc) is 2.39. The average molecular weight is 345 g/mol. The highest BCUT2D eigenvalue weighted by Gasteiger charge is 2.30. The van der Waals surface area contributed by atoms with Gasteiger partial charge in [-0.3, -0.25) is 9.59 Å². The molecule has 2 atom stereocenters. The molecule has 1 aliphatic heterocycles. The summed E-state index contributed by atoms with van der Waals surface area (Å²) >= 11 is 5.09. The van der Waals surface area contributed by atoms with Crippen LogP contribution in [0.1, 0.15) is 29.9 Å². The first-order valence-corrected chi connectivity index (χ1v) is 8.08. The normalized spacial score (nSPS) is 23.5. The van der Waals surface area contributed by atoms with Crippen molar-refractivity contribution in [2.24, 2.45) is 0 Å². The van der Waals surface area contributed by atoms with Gasteiger partial charge in [0.2, 0.25) is 5.43 Å². The van der Waals surface area contributed by atoms with Crippen LogP contribution in [-0.4, -0.2) is 39.4 Å². The molecule has 0 spiro atoms. The fourth-order valence-corrected chi connectivity index (χ4v) is 3.56. The maximum absolute atomic E-state index is 12.5. The van der Waals surface area contributed by atoms with Crippen molar-refractivity contribution in [1.82, 2.24) is 9.88 Å². The fourth-order valence-electron chi connectivity index (χ4n) is 2.13. The second-order valence-corrected chi connectivity index (χ2v) is 7.06. The lowest BCUT2D eigenvalue weighted by Crippen LogP contribution is -2.49. The molecule has 6 heteroatoms. The molecule has 0 saturated carbocycles. The van der Waals surface area contributed by atoms with E-state index in [9.17, 15) is 9.59 Å². The van der Waals surface area contributed by atoms with Crippen LogP contribution < -0.4 is 5.43 Å². The molecule has 0 aromatic carbocycles. The van der Waals surface area contributed by atoms with Crippen molar-refractivity contribution in [3.8, 4) is 0 Å². The van der Waals surface area contributed by atoms with Crippen LogP contribution in [0.4, 0.5) is 0 Å². The molecule has 0 radical (unpaired) electrons. The van der Waals surface area contributed by atoms with Gasteiger partial charge < -0.3 is 9.88 Å². The van der Waals surface area contributed by atoms with Gasteiger partial charge in [0.25, 0.3) is 5.91 Å². The van der Waals surface area contributed by atoms with Crippen LogP contribution in [0.2, 0.25) is 0 Å². The van der Waals surface area contributed by atoms with Crippen LogP contribution >= 0.6 is 27.7 Å². The molecule has 1 aromatic heterocycles. The Kier molecular flexibility index (Phi) is 4.40. The number of nitrogens with one attached hydrogen (secondary N) is 1. The van der Waals surface area contributed by atoms with Crippen molar-refractivity contribution < 1.29 is 4.79 Å². The number of carbonyl (C=O) groups is 1. The van der Waals surface area contributed by atoms with Crippen LogP contribution in [0.25, 0.3) is 0 Å². The van der Waals surface area contributed by atoms with E-state index >= 15 is 0 Å². The number of halogens is 1. The first-order chi connectivity index (χ1) is 8.93. The van der Waals surface area contributed by atoms with E-state index < -0.39 is 0 Å². The number of hydrogen-bond acceptors (Lipinski definition) is 3. The third kappa shape index (κ3) is 2.74. The highest BCUT2D eigenvalue weighted by molar-refractivity contribution is 9.10. The monoisotopic (exact) mass is 344 g/mol. The molecule has 1 aromatic rings. The van der Waals surface area contributed by atoms with Crippen molar-refractivity contribution >= 4 is 33.6 Å². The Balaban J connectivity index is 2.35. The van der Waals surface area contributed by atoms with E-state index in [1.165, 1.54) is 6.20 Å². The number of aryl methyl sites for hydroxylation is 1. The summed E-state index contributed by atoms with van der Waals surface area (Å²) in [5.74, 6) is 0.740. The van der Waals surface area contributed by atoms with Crippen LogP contribution in [-0.2, 0) is 0 Å². The van der Waals surface area contributed by atoms with Crippen molar-refractivity contribution in [2.75, 3.05) is 12.3 Å². The molecule has 1 amide bonds. The van der Waals surface area contributed by atoms with Crippen molar-refractivity contribution in [2.45, 2.75) is 32.1 Å². The lowest BCUT2D eigenvalue weighted by molar-refractivity contribution is 0.0696. The van der Waals surface area contributed by atoms with Crippen molar-refractivity contribution in [3.05, 3.63) is 32.2 Å². The molecule has 19 heavy (non-hydrogen) atoms. The van der Waals surface area contributed by atoms with E-state index in [1.807, 2.05) is 18.7 Å². The molecule has 2 heterocycles. The number of thioether (sulfide) groups is 1. The maximum atomic E-state index is 12.5. The Bertz CT molecular complexity index is 558. The van der Waals surface area contributed by atoms with Gasteiger partial charge in [-0.1, -0.05) is 6.92 Å². The van der Waals surface area contributed by atoms with Gasteiger partial charge >= 0.3 is 0 Å². The summed E-state index contributed by atoms with van der Waals surface area (Å²) in [5.41, 5.74) is 0.708. The molecule has 1 aliphatic rings. The Morgan fingerprint density at radius 2 is 2.21 bits per heavy atom. The van der Waals surface area contributed by atoms with Crippen molar-refractivity contribution in [1.29, 1.82) is 0 Å². The molecule has 4 nitrogen and oxygen atoms in total. The number of hydrogen-bond donors (Lipinski definition) is 1. The number of aromatic amines is 1. The van der Waals surface area contributed by atoms with Crippen LogP contribution in [0.15, 0.2) is 15.5 Å². The largest absolute Gasteiger partial charge is 0.363 e. The highest BCUT2D eigenvalue weighted by atomic mass is 79.9. The molecule has 1 fully saturated rings. The van der Waals surface area contributed by atoms with Crippen LogP contribution in [0.3, 0.4) is 0 Å². The lowest BCUT2D eigenvalue weighted by atomic mass is 10.1. The van der Waals surface area contributed by atoms with Gasteiger partial charge in [0, 0.05) is 35.5 Å². The zero-order chi connectivity index (χ0) is 14.2. The Morgan fingerprint density at radius 3 is 2.89 bits per heavy atom. The molecular weight excluding hydrogens is 328 g/mol. The predicted molar refractivity (Wildman–Crippen MR) is 81.9 cm³/mol. The first-order valence-electron chi connectivity index (χ1n) is 6.24. The molecule has 0 unspecified atom stereocenters. The number of amides is 1. The van der Waals surface area contributed by atoms with Gasteiger partial charge in [0.15, 0.2) is 0 Å². The van der Waals surface area contributed by atoms with Crippen LogP contribution in [0, 0.1) is 6.92 Å². The summed E-state index contributed by atoms with van der Waals surface area (Å²) in [6, 6.07) is 0.144. The van der Waals surface area contributed by atoms with E-state index in [0.717, 1.165) is 11.4 Å². The quantitative estimate of drug-likeness (QED) is 0.851. The van der Waals surface area contributed by atoms with Gasteiger partial charge in [-0.05, 0) is 29.8 Å². The zero-order valence-electron chi connectivity index (χ0n) is 11.2. The number of carbonyl (C=O) groups excluding carboxylic acids is 1. The minimum atomic E-state index is -0.237. The number of rotatable bonds is 1. The predicted octanol–water partition coefficient (Wildman–Crippen LogP) is 2.41. The van der Waals surface area contributed by atoms with Gasteiger partial charge in [-0.15, -0.1) is 0 Å². The Hall–Kier alpha value is -0.750. The number of pyridine rings is 1. The summed E-state index contributed by atoms with van der Waals surface area (Å²) in [5, 5.41) is 0.394. The Morgan fingerprint density at radius 1 is 1.53 bits per heavy atom. The van der Waals surface area contributed by atoms with E-state index in [-0.39, 0.29) is 22.9 Å². The first kappa shape index (κ1) is 14.7. The van der Waals surface area contributed by atoms with E-state index in [1.54, 1.807) is 11.8 Å². The molecule has 104 valence electrons. The molecule has 0 aliphatic carbocycles. The topological polar surface area (TPSA) is 53.2 Å². The standard InChI is InChI=1S/C13H17BrN2O2S/c1-7-11(14)12(17)10(6-15-7)13(18)16-4-5-19-9(3)8(16)2/h6,8-9H,4-5H2,1-3H3,(H,15,17)/t8-,9+/m1/s1. The second-order valence-electron chi connectivity index (χ2n) is 4.79. The summed E-state index contributed by atoms with van der Waals surface area (Å²) in [6.07, 6.45) is 1.52. The van der Waals surface area contributed by atoms with E-state index in [2.05, 4.69) is 27.8 Å². The maximum Gasteiger partial charge on any atom is 0.259 e. The molecule has 0 bridgehead atoms. The molecule has 1 saturated heterocycles. The van der Waals surface area contributed by atoms with Gasteiger partial charge in [-0.25, -0.2) is 0 Å². The number of H-pyrrole nitrogens is 1. The second kappa shape index (κ2) is 5.71. The van der Waals surface area contributed by atoms with E-state index in [4.69, 9.17) is 0 Å². The SMILES string of the molecule is Cc1[nH]cc(C(=O)N2CCS[C@@H](C)[C@H]2C)c(=O)c1Br. The summed E-state index contributed by atoms with van der Waals surface area (Å²) in [6.45, 7) is 6.64. The summed E-state index contributed by atoms with van der Waals surface area (Å²) in [7, 11) is 0. The van der Waals surface area contributed by atoms with Crippen LogP contribution in [0.5, 0.6) is 0 Å². The third-order valence-electron chi connectivity index (χ3n) is 3.58. The fraction of sp³-hybridized carbons (Fsp3) is 0.538. The Labute approximate surface area is 125 Å². The number of aromatic nitrogens is 1. The highest BCUT2D eigenvalue weighted by Crippen LogP contribution is 2.25. The van der Waals surface area contributed by atoms with Crippen molar-refractivity contribution in [3.63, 3.8) is 0 Å². The summed E-state index contributed by atoms with van der Waals surface area (Å²) in [4.78, 5) is 29.4. The van der Waals surface area contributed by atoms with Gasteiger partial charge in [-0.2, -0.15) is 11.8 Å². The third-order valence-corrected chi connectivity index (χ3v) is 5.87. The minimum absolute atomic E-state index is 0.144. The van der Waals surface area contributed by atoms with Gasteiger partial charge in [0.05, 0.1) is 4.47 Å². The summed E-state index contributed by atoms with van der Waals surface area (Å²) < 4.78 is 0.436. The zero-order valence-corrected chi connectivity index (χ0v) is 13.6. The number of nitrogens with zero attached hydrogens (tertiary/aromatic N) is 1. The molecule has 1 N–H and O–H groups in total. The molecular formula is C13H17BrN2O2S. The molecule has 2 rings (SSSR count). The minimum Gasteiger partial charge on any atom is -0.363 e. The smallest absolute Gasteiger partial charge is 0.259 e. The lowest BCUT2D eigenvalue weighted by Gasteiger charge is -2.37.